The average molecular weight is 518 g/mol. The van der Waals surface area contributed by atoms with Crippen LogP contribution < -0.4 is 10.2 Å². The number of piperidine rings is 1. The zero-order valence-corrected chi connectivity index (χ0v) is 21.5. The molecule has 2 fully saturated rings. The minimum atomic E-state index is -4.45. The second kappa shape index (κ2) is 9.75. The van der Waals surface area contributed by atoms with E-state index in [0.717, 1.165) is 69.8 Å². The van der Waals surface area contributed by atoms with Gasteiger partial charge in [-0.15, -0.1) is 0 Å². The standard InChI is InChI=1S/C26H34F3N7O/c1-25(2,37)14-17-7-11-35(12-8-17)22-21-15-30-36(20-6-4-5-18(13-20)26(27,28)29)23(21)33-24(32-22)31-19-9-10-34(3)16-19/h4-6,13,15,17,19,37H,7-12,14,16H2,1-3H3,(H,31,32,33)/t19-/m0/s1. The molecular weight excluding hydrogens is 483 g/mol. The summed E-state index contributed by atoms with van der Waals surface area (Å²) in [5, 5.41) is 18.8. The van der Waals surface area contributed by atoms with Crippen molar-refractivity contribution in [3.8, 4) is 5.69 Å². The van der Waals surface area contributed by atoms with E-state index < -0.39 is 17.3 Å². The minimum Gasteiger partial charge on any atom is -0.390 e. The van der Waals surface area contributed by atoms with Crippen LogP contribution in [0, 0.1) is 5.92 Å². The number of benzene rings is 1. The van der Waals surface area contributed by atoms with Gasteiger partial charge in [-0.1, -0.05) is 6.07 Å². The maximum atomic E-state index is 13.4. The van der Waals surface area contributed by atoms with Crippen LogP contribution in [0.4, 0.5) is 24.9 Å². The van der Waals surface area contributed by atoms with Gasteiger partial charge in [0.1, 0.15) is 5.82 Å². The Kier molecular flexibility index (Phi) is 6.78. The molecule has 0 radical (unpaired) electrons. The van der Waals surface area contributed by atoms with E-state index in [1.807, 2.05) is 13.8 Å². The maximum Gasteiger partial charge on any atom is 0.416 e. The summed E-state index contributed by atoms with van der Waals surface area (Å²) in [5.41, 5.74) is -0.669. The molecule has 1 aromatic carbocycles. The third-order valence-electron chi connectivity index (χ3n) is 7.25. The molecule has 11 heteroatoms. The fourth-order valence-corrected chi connectivity index (χ4v) is 5.49. The van der Waals surface area contributed by atoms with Gasteiger partial charge in [0.15, 0.2) is 5.65 Å². The average Bonchev–Trinajstić information content (AvgIpc) is 3.43. The SMILES string of the molecule is CN1CC[C@H](Nc2nc(N3CCC(CC(C)(C)O)CC3)c3cnn(-c4cccc(C(F)(F)F)c4)c3n2)C1. The molecule has 0 amide bonds. The van der Waals surface area contributed by atoms with Gasteiger partial charge in [-0.25, -0.2) is 4.68 Å². The van der Waals surface area contributed by atoms with E-state index in [0.29, 0.717) is 28.6 Å². The zero-order chi connectivity index (χ0) is 26.4. The second-order valence-corrected chi connectivity index (χ2v) is 11.1. The first-order chi connectivity index (χ1) is 17.5. The predicted octanol–water partition coefficient (Wildman–Crippen LogP) is 4.33. The second-order valence-electron chi connectivity index (χ2n) is 11.1. The summed E-state index contributed by atoms with van der Waals surface area (Å²) in [6, 6.07) is 5.32. The van der Waals surface area contributed by atoms with Gasteiger partial charge in [0.05, 0.1) is 28.4 Å². The third kappa shape index (κ3) is 5.82. The first kappa shape index (κ1) is 25.7. The molecule has 2 N–H and O–H groups in total. The Morgan fingerprint density at radius 1 is 1.08 bits per heavy atom. The number of aliphatic hydroxyl groups is 1. The zero-order valence-electron chi connectivity index (χ0n) is 21.5. The fraction of sp³-hybridized carbons (Fsp3) is 0.577. The number of nitrogens with one attached hydrogen (secondary N) is 1. The largest absolute Gasteiger partial charge is 0.416 e. The Hall–Kier alpha value is -2.92. The topological polar surface area (TPSA) is 82.3 Å². The molecule has 4 heterocycles. The monoisotopic (exact) mass is 517 g/mol. The van der Waals surface area contributed by atoms with Gasteiger partial charge in [0.2, 0.25) is 5.95 Å². The van der Waals surface area contributed by atoms with E-state index in [4.69, 9.17) is 9.97 Å². The van der Waals surface area contributed by atoms with E-state index in [1.165, 1.54) is 10.7 Å². The van der Waals surface area contributed by atoms with Gasteiger partial charge in [-0.05, 0) is 77.2 Å². The van der Waals surface area contributed by atoms with E-state index in [-0.39, 0.29) is 6.04 Å². The number of fused-ring (bicyclic) bond motifs is 1. The minimum absolute atomic E-state index is 0.192. The van der Waals surface area contributed by atoms with E-state index >= 15 is 0 Å². The van der Waals surface area contributed by atoms with Crippen LogP contribution >= 0.6 is 0 Å². The lowest BCUT2D eigenvalue weighted by molar-refractivity contribution is -0.137. The molecule has 5 rings (SSSR count). The van der Waals surface area contributed by atoms with Gasteiger partial charge in [-0.3, -0.25) is 0 Å². The Labute approximate surface area is 214 Å². The number of aromatic nitrogens is 4. The first-order valence-electron chi connectivity index (χ1n) is 12.8. The van der Waals surface area contributed by atoms with Crippen LogP contribution in [0.25, 0.3) is 16.7 Å². The predicted molar refractivity (Wildman–Crippen MR) is 137 cm³/mol. The Balaban J connectivity index is 1.51. The maximum absolute atomic E-state index is 13.4. The molecule has 2 saturated heterocycles. The van der Waals surface area contributed by atoms with E-state index in [9.17, 15) is 18.3 Å². The van der Waals surface area contributed by atoms with Crippen molar-refractivity contribution in [2.45, 2.75) is 57.3 Å². The molecule has 200 valence electrons. The number of alkyl halides is 3. The number of hydrogen-bond acceptors (Lipinski definition) is 7. The molecule has 0 aliphatic carbocycles. The van der Waals surface area contributed by atoms with Crippen molar-refractivity contribution in [3.05, 3.63) is 36.0 Å². The van der Waals surface area contributed by atoms with Crippen molar-refractivity contribution in [1.82, 2.24) is 24.6 Å². The number of halogens is 3. The summed E-state index contributed by atoms with van der Waals surface area (Å²) in [7, 11) is 2.07. The highest BCUT2D eigenvalue weighted by Crippen LogP contribution is 2.34. The summed E-state index contributed by atoms with van der Waals surface area (Å²) >= 11 is 0. The number of anilines is 2. The summed E-state index contributed by atoms with van der Waals surface area (Å²) < 4.78 is 41.7. The van der Waals surface area contributed by atoms with Crippen LogP contribution in [0.2, 0.25) is 0 Å². The van der Waals surface area contributed by atoms with Crippen LogP contribution in [0.15, 0.2) is 30.5 Å². The lowest BCUT2D eigenvalue weighted by Crippen LogP contribution is -2.37. The van der Waals surface area contributed by atoms with Crippen LogP contribution in [0.1, 0.15) is 45.1 Å². The highest BCUT2D eigenvalue weighted by molar-refractivity contribution is 5.89. The van der Waals surface area contributed by atoms with Gasteiger partial charge in [-0.2, -0.15) is 28.2 Å². The molecule has 3 aromatic rings. The summed E-state index contributed by atoms with van der Waals surface area (Å²) in [6.45, 7) is 7.07. The molecule has 1 atom stereocenters. The van der Waals surface area contributed by atoms with Crippen molar-refractivity contribution in [2.75, 3.05) is 43.4 Å². The smallest absolute Gasteiger partial charge is 0.390 e. The lowest BCUT2D eigenvalue weighted by Gasteiger charge is -2.35. The van der Waals surface area contributed by atoms with Crippen molar-refractivity contribution in [2.24, 2.45) is 5.92 Å². The molecule has 37 heavy (non-hydrogen) atoms. The van der Waals surface area contributed by atoms with E-state index in [2.05, 4.69) is 27.3 Å². The summed E-state index contributed by atoms with van der Waals surface area (Å²) in [5.74, 6) is 1.61. The molecule has 0 spiro atoms. The van der Waals surface area contributed by atoms with Crippen molar-refractivity contribution in [1.29, 1.82) is 0 Å². The van der Waals surface area contributed by atoms with Gasteiger partial charge in [0.25, 0.3) is 0 Å². The van der Waals surface area contributed by atoms with Gasteiger partial charge < -0.3 is 20.2 Å². The molecule has 0 unspecified atom stereocenters. The van der Waals surface area contributed by atoms with Crippen LogP contribution in [0.5, 0.6) is 0 Å². The summed E-state index contributed by atoms with van der Waals surface area (Å²) in [4.78, 5) is 14.0. The van der Waals surface area contributed by atoms with Crippen LogP contribution in [-0.4, -0.2) is 74.6 Å². The van der Waals surface area contributed by atoms with Crippen molar-refractivity contribution in [3.63, 3.8) is 0 Å². The highest BCUT2D eigenvalue weighted by Gasteiger charge is 2.31. The Bertz CT molecular complexity index is 1250. The molecule has 2 aliphatic heterocycles. The van der Waals surface area contributed by atoms with E-state index in [1.54, 1.807) is 12.3 Å². The Morgan fingerprint density at radius 3 is 2.49 bits per heavy atom. The molecule has 8 nitrogen and oxygen atoms in total. The first-order valence-corrected chi connectivity index (χ1v) is 12.8. The van der Waals surface area contributed by atoms with Gasteiger partial charge in [0, 0.05) is 25.7 Å². The lowest BCUT2D eigenvalue weighted by atomic mass is 9.86. The summed E-state index contributed by atoms with van der Waals surface area (Å²) in [6.07, 6.45) is 0.744. The van der Waals surface area contributed by atoms with Gasteiger partial charge >= 0.3 is 6.18 Å². The Morgan fingerprint density at radius 2 is 1.84 bits per heavy atom. The highest BCUT2D eigenvalue weighted by atomic mass is 19.4. The number of likely N-dealkylation sites (tertiary alicyclic amines) is 1. The molecule has 2 aromatic heterocycles. The quantitative estimate of drug-likeness (QED) is 0.504. The number of hydrogen-bond donors (Lipinski definition) is 2. The molecular formula is C26H34F3N7O. The number of rotatable bonds is 6. The normalized spacial score (nSPS) is 20.2. The number of likely N-dealkylation sites (N-methyl/N-ethyl adjacent to an activating group) is 1. The molecule has 0 bridgehead atoms. The van der Waals surface area contributed by atoms with Crippen LogP contribution in [-0.2, 0) is 6.18 Å². The van der Waals surface area contributed by atoms with Crippen molar-refractivity contribution < 1.29 is 18.3 Å². The van der Waals surface area contributed by atoms with Crippen molar-refractivity contribution >= 4 is 22.8 Å². The number of nitrogens with zero attached hydrogens (tertiary/aromatic N) is 6. The van der Waals surface area contributed by atoms with Crippen LogP contribution in [0.3, 0.4) is 0 Å². The molecule has 0 saturated carbocycles. The molecule has 2 aliphatic rings. The fourth-order valence-electron chi connectivity index (χ4n) is 5.49. The third-order valence-corrected chi connectivity index (χ3v) is 7.25.